The van der Waals surface area contributed by atoms with E-state index in [1.807, 2.05) is 11.9 Å². The number of pyridine rings is 1. The minimum Gasteiger partial charge on any atom is -0.493 e. The second kappa shape index (κ2) is 10.3. The SMILES string of the molecule is COc1c([C@H]2[C@H](C(=O)Nc3cc([C@H]4CN(C)CCO4)ncc3F)O[C@@](C)(C(F)(F)F)[C@H]2C)ccc(F)c1F. The van der Waals surface area contributed by atoms with Gasteiger partial charge in [-0.1, -0.05) is 13.0 Å². The number of halogens is 6. The molecule has 4 rings (SSSR count). The van der Waals surface area contributed by atoms with Crippen molar-refractivity contribution in [2.24, 2.45) is 5.92 Å². The molecule has 1 aromatic heterocycles. The van der Waals surface area contributed by atoms with Crippen molar-refractivity contribution < 1.29 is 45.3 Å². The number of benzene rings is 1. The van der Waals surface area contributed by atoms with Crippen LogP contribution in [0.25, 0.3) is 0 Å². The Labute approximate surface area is 215 Å². The van der Waals surface area contributed by atoms with Gasteiger partial charge in [-0.15, -0.1) is 0 Å². The third-order valence-electron chi connectivity index (χ3n) is 7.30. The van der Waals surface area contributed by atoms with Crippen LogP contribution in [0, 0.1) is 23.4 Å². The summed E-state index contributed by atoms with van der Waals surface area (Å²) in [5.74, 6) is -8.26. The van der Waals surface area contributed by atoms with E-state index < -0.39 is 64.9 Å². The second-order valence-electron chi connectivity index (χ2n) is 9.64. The zero-order valence-electron chi connectivity index (χ0n) is 21.0. The van der Waals surface area contributed by atoms with Gasteiger partial charge in [0.15, 0.2) is 23.0 Å². The highest BCUT2D eigenvalue weighted by Crippen LogP contribution is 2.55. The Balaban J connectivity index is 1.71. The number of carbonyl (C=O) groups is 1. The normalized spacial score (nSPS) is 28.4. The third kappa shape index (κ3) is 4.94. The van der Waals surface area contributed by atoms with Gasteiger partial charge in [0.2, 0.25) is 5.82 Å². The quantitative estimate of drug-likeness (QED) is 0.553. The molecule has 0 unspecified atom stereocenters. The number of alkyl halides is 3. The van der Waals surface area contributed by atoms with Crippen LogP contribution in [0.5, 0.6) is 5.75 Å². The lowest BCUT2D eigenvalue weighted by Crippen LogP contribution is -2.47. The molecule has 38 heavy (non-hydrogen) atoms. The first-order chi connectivity index (χ1) is 17.8. The molecule has 0 saturated carbocycles. The molecule has 208 valence electrons. The van der Waals surface area contributed by atoms with Gasteiger partial charge in [-0.25, -0.2) is 8.78 Å². The monoisotopic (exact) mass is 547 g/mol. The lowest BCUT2D eigenvalue weighted by Gasteiger charge is -2.32. The summed E-state index contributed by atoms with van der Waals surface area (Å²) < 4.78 is 101. The molecule has 13 heteroatoms. The lowest BCUT2D eigenvalue weighted by molar-refractivity contribution is -0.272. The largest absolute Gasteiger partial charge is 0.493 e. The lowest BCUT2D eigenvalue weighted by atomic mass is 9.77. The number of morpholine rings is 1. The number of nitrogens with one attached hydrogen (secondary N) is 1. The molecule has 0 bridgehead atoms. The average molecular weight is 547 g/mol. The van der Waals surface area contributed by atoms with Crippen LogP contribution in [0.2, 0.25) is 0 Å². The molecule has 0 radical (unpaired) electrons. The summed E-state index contributed by atoms with van der Waals surface area (Å²) >= 11 is 0. The fourth-order valence-electron chi connectivity index (χ4n) is 4.93. The number of ether oxygens (including phenoxy) is 3. The van der Waals surface area contributed by atoms with Crippen molar-refractivity contribution in [2.45, 2.75) is 43.8 Å². The van der Waals surface area contributed by atoms with Gasteiger partial charge >= 0.3 is 6.18 Å². The first kappa shape index (κ1) is 28.1. The van der Waals surface area contributed by atoms with Crippen molar-refractivity contribution in [1.82, 2.24) is 9.88 Å². The zero-order valence-corrected chi connectivity index (χ0v) is 21.0. The molecular formula is C25H27F6N3O4. The van der Waals surface area contributed by atoms with E-state index in [0.717, 1.165) is 32.4 Å². The number of methoxy groups -OCH3 is 1. The molecular weight excluding hydrogens is 520 g/mol. The van der Waals surface area contributed by atoms with E-state index in [2.05, 4.69) is 10.3 Å². The number of anilines is 1. The minimum absolute atomic E-state index is 0.193. The van der Waals surface area contributed by atoms with Crippen molar-refractivity contribution in [3.63, 3.8) is 0 Å². The summed E-state index contributed by atoms with van der Waals surface area (Å²) in [5.41, 5.74) is -3.06. The predicted molar refractivity (Wildman–Crippen MR) is 123 cm³/mol. The molecule has 0 spiro atoms. The summed E-state index contributed by atoms with van der Waals surface area (Å²) in [6, 6.07) is 3.02. The van der Waals surface area contributed by atoms with E-state index >= 15 is 0 Å². The number of likely N-dealkylation sites (N-methyl/N-ethyl adjacent to an activating group) is 1. The molecule has 1 amide bonds. The van der Waals surface area contributed by atoms with Crippen molar-refractivity contribution >= 4 is 11.6 Å². The maximum absolute atomic E-state index is 14.7. The molecule has 5 atom stereocenters. The average Bonchev–Trinajstić information content (AvgIpc) is 3.14. The van der Waals surface area contributed by atoms with Gasteiger partial charge in [0.1, 0.15) is 12.2 Å². The van der Waals surface area contributed by atoms with Crippen LogP contribution in [-0.4, -0.2) is 67.5 Å². The van der Waals surface area contributed by atoms with Crippen molar-refractivity contribution in [2.75, 3.05) is 39.2 Å². The maximum atomic E-state index is 14.7. The topological polar surface area (TPSA) is 72.9 Å². The third-order valence-corrected chi connectivity index (χ3v) is 7.30. The van der Waals surface area contributed by atoms with Crippen LogP contribution in [0.4, 0.5) is 32.0 Å². The predicted octanol–water partition coefficient (Wildman–Crippen LogP) is 4.59. The molecule has 1 aromatic carbocycles. The molecule has 2 saturated heterocycles. The number of rotatable bonds is 5. The Hall–Kier alpha value is -2.90. The molecule has 2 aliphatic heterocycles. The van der Waals surface area contributed by atoms with Gasteiger partial charge in [-0.3, -0.25) is 9.78 Å². The van der Waals surface area contributed by atoms with Crippen LogP contribution >= 0.6 is 0 Å². The van der Waals surface area contributed by atoms with Crippen LogP contribution in [0.1, 0.15) is 37.1 Å². The summed E-state index contributed by atoms with van der Waals surface area (Å²) in [5, 5.41) is 2.29. The number of carbonyl (C=O) groups excluding carboxylic acids is 1. The number of aromatic nitrogens is 1. The maximum Gasteiger partial charge on any atom is 0.417 e. The Morgan fingerprint density at radius 3 is 2.58 bits per heavy atom. The Morgan fingerprint density at radius 1 is 1.24 bits per heavy atom. The van der Waals surface area contributed by atoms with Crippen molar-refractivity contribution in [1.29, 1.82) is 0 Å². The van der Waals surface area contributed by atoms with Crippen LogP contribution < -0.4 is 10.1 Å². The van der Waals surface area contributed by atoms with Crippen LogP contribution in [0.3, 0.4) is 0 Å². The van der Waals surface area contributed by atoms with Gasteiger partial charge in [0.25, 0.3) is 5.91 Å². The minimum atomic E-state index is -4.93. The van der Waals surface area contributed by atoms with Gasteiger partial charge in [0, 0.05) is 30.5 Å². The molecule has 7 nitrogen and oxygen atoms in total. The fourth-order valence-corrected chi connectivity index (χ4v) is 4.93. The summed E-state index contributed by atoms with van der Waals surface area (Å²) in [6.07, 6.45) is -6.43. The van der Waals surface area contributed by atoms with Gasteiger partial charge in [-0.2, -0.15) is 17.6 Å². The number of nitrogens with zero attached hydrogens (tertiary/aromatic N) is 2. The Bertz CT molecular complexity index is 1210. The summed E-state index contributed by atoms with van der Waals surface area (Å²) in [7, 11) is 2.89. The van der Waals surface area contributed by atoms with Crippen molar-refractivity contribution in [3.8, 4) is 5.75 Å². The van der Waals surface area contributed by atoms with Crippen molar-refractivity contribution in [3.05, 3.63) is 53.1 Å². The highest BCUT2D eigenvalue weighted by atomic mass is 19.4. The standard InChI is InChI=1S/C25H27F6N3O4/c1-12-19(13-5-6-14(26)20(28)21(13)36-4)22(38-24(12,2)25(29,30)31)23(35)33-16-9-17(32-10-15(16)27)18-11-34(3)7-8-37-18/h5-6,9-10,12,18-19,22H,7-8,11H2,1-4H3,(H,32,33,35)/t12-,18+,19-,22+,24+/m0/s1. The van der Waals surface area contributed by atoms with Gasteiger partial charge in [0.05, 0.1) is 31.3 Å². The van der Waals surface area contributed by atoms with E-state index in [1.165, 1.54) is 13.0 Å². The fraction of sp³-hybridized carbons (Fsp3) is 0.520. The summed E-state index contributed by atoms with van der Waals surface area (Å²) in [6.45, 7) is 3.51. The first-order valence-electron chi connectivity index (χ1n) is 11.8. The highest BCUT2D eigenvalue weighted by molar-refractivity contribution is 5.95. The molecule has 2 fully saturated rings. The smallest absolute Gasteiger partial charge is 0.417 e. The Morgan fingerprint density at radius 2 is 1.95 bits per heavy atom. The number of amides is 1. The highest BCUT2D eigenvalue weighted by Gasteiger charge is 2.66. The molecule has 2 aromatic rings. The molecule has 3 heterocycles. The van der Waals surface area contributed by atoms with E-state index in [0.29, 0.717) is 25.4 Å². The Kier molecular flexibility index (Phi) is 7.65. The molecule has 0 aliphatic carbocycles. The van der Waals surface area contributed by atoms with E-state index in [4.69, 9.17) is 14.2 Å². The first-order valence-corrected chi connectivity index (χ1v) is 11.8. The van der Waals surface area contributed by atoms with Gasteiger partial charge in [-0.05, 0) is 26.1 Å². The zero-order chi connectivity index (χ0) is 28.0. The van der Waals surface area contributed by atoms with E-state index in [-0.39, 0.29) is 11.3 Å². The van der Waals surface area contributed by atoms with Crippen LogP contribution in [0.15, 0.2) is 24.4 Å². The molecule has 2 aliphatic rings. The molecule has 1 N–H and O–H groups in total. The van der Waals surface area contributed by atoms with E-state index in [1.54, 1.807) is 0 Å². The number of hydrogen-bond acceptors (Lipinski definition) is 6. The van der Waals surface area contributed by atoms with Gasteiger partial charge < -0.3 is 24.4 Å². The summed E-state index contributed by atoms with van der Waals surface area (Å²) in [4.78, 5) is 19.4. The second-order valence-corrected chi connectivity index (χ2v) is 9.64. The van der Waals surface area contributed by atoms with E-state index in [9.17, 15) is 31.1 Å². The van der Waals surface area contributed by atoms with Crippen LogP contribution in [-0.2, 0) is 14.3 Å². The number of hydrogen-bond donors (Lipinski definition) is 1.